The van der Waals surface area contributed by atoms with E-state index in [2.05, 4.69) is 15.0 Å². The van der Waals surface area contributed by atoms with Gasteiger partial charge in [0.2, 0.25) is 0 Å². The van der Waals surface area contributed by atoms with E-state index in [-0.39, 0.29) is 12.0 Å². The molecule has 0 aliphatic carbocycles. The zero-order valence-electron chi connectivity index (χ0n) is 15.4. The minimum atomic E-state index is -0.127. The van der Waals surface area contributed by atoms with Crippen LogP contribution in [0.1, 0.15) is 23.2 Å². The molecule has 1 saturated heterocycles. The maximum Gasteiger partial charge on any atom is 0.260 e. The fraction of sp³-hybridized carbons (Fsp3) is 0.238. The van der Waals surface area contributed by atoms with E-state index in [9.17, 15) is 4.79 Å². The van der Waals surface area contributed by atoms with Crippen LogP contribution in [0.15, 0.2) is 48.8 Å². The van der Waals surface area contributed by atoms with Crippen LogP contribution in [0, 0.1) is 0 Å². The number of carbonyl (C=O) groups is 1. The largest absolute Gasteiger partial charge is 0.376 e. The van der Waals surface area contributed by atoms with Crippen LogP contribution in [-0.2, 0) is 4.74 Å². The van der Waals surface area contributed by atoms with E-state index in [1.165, 1.54) is 11.3 Å². The van der Waals surface area contributed by atoms with E-state index in [0.717, 1.165) is 35.2 Å². The van der Waals surface area contributed by atoms with Crippen molar-refractivity contribution in [2.24, 2.45) is 0 Å². The van der Waals surface area contributed by atoms with Crippen molar-refractivity contribution >= 4 is 55.2 Å². The molecule has 29 heavy (non-hydrogen) atoms. The predicted octanol–water partition coefficient (Wildman–Crippen LogP) is 4.72. The Morgan fingerprint density at radius 2 is 1.97 bits per heavy atom. The highest BCUT2D eigenvalue weighted by Gasteiger charge is 2.27. The zero-order valence-corrected chi connectivity index (χ0v) is 17.0. The summed E-state index contributed by atoms with van der Waals surface area (Å²) in [4.78, 5) is 28.5. The van der Waals surface area contributed by atoms with Gasteiger partial charge in [-0.2, -0.15) is 0 Å². The minimum Gasteiger partial charge on any atom is -0.376 e. The average Bonchev–Trinajstić information content (AvgIpc) is 3.40. The summed E-state index contributed by atoms with van der Waals surface area (Å²) in [5.74, 6) is -0.127. The fourth-order valence-electron chi connectivity index (χ4n) is 3.49. The summed E-state index contributed by atoms with van der Waals surface area (Å²) in [7, 11) is 0. The number of ether oxygens (including phenoxy) is 1. The number of thiazole rings is 1. The Balaban J connectivity index is 1.55. The molecule has 0 spiro atoms. The molecule has 2 aromatic heterocycles. The third-order valence-electron chi connectivity index (χ3n) is 4.94. The van der Waals surface area contributed by atoms with Crippen molar-refractivity contribution in [2.75, 3.05) is 18.1 Å². The number of benzene rings is 2. The smallest absolute Gasteiger partial charge is 0.260 e. The Kier molecular flexibility index (Phi) is 4.87. The van der Waals surface area contributed by atoms with Gasteiger partial charge in [-0.25, -0.2) is 4.98 Å². The summed E-state index contributed by atoms with van der Waals surface area (Å²) in [6.45, 7) is 1.19. The highest BCUT2D eigenvalue weighted by atomic mass is 35.5. The lowest BCUT2D eigenvalue weighted by Gasteiger charge is -2.23. The van der Waals surface area contributed by atoms with E-state index < -0.39 is 0 Å². The SMILES string of the molecule is O=C(c1ccc2nccnc2c1)N(CC1CCCO1)c1nc2ccc(Cl)cc2s1. The van der Waals surface area contributed by atoms with Crippen molar-refractivity contribution in [2.45, 2.75) is 18.9 Å². The third kappa shape index (κ3) is 3.69. The normalized spacial score (nSPS) is 16.5. The molecule has 5 rings (SSSR count). The monoisotopic (exact) mass is 424 g/mol. The van der Waals surface area contributed by atoms with Crippen LogP contribution in [0.2, 0.25) is 5.02 Å². The molecule has 6 nitrogen and oxygen atoms in total. The average molecular weight is 425 g/mol. The second-order valence-corrected chi connectivity index (χ2v) is 8.36. The molecular weight excluding hydrogens is 408 g/mol. The minimum absolute atomic E-state index is 0.00907. The van der Waals surface area contributed by atoms with Gasteiger partial charge in [0.05, 0.1) is 33.9 Å². The molecule has 0 radical (unpaired) electrons. The summed E-state index contributed by atoms with van der Waals surface area (Å²) in [5, 5.41) is 1.29. The second kappa shape index (κ2) is 7.67. The molecule has 4 aromatic rings. The number of rotatable bonds is 4. The number of aromatic nitrogens is 3. The first-order chi connectivity index (χ1) is 14.2. The molecule has 2 aromatic carbocycles. The molecule has 0 saturated carbocycles. The van der Waals surface area contributed by atoms with Crippen LogP contribution < -0.4 is 4.90 Å². The number of amides is 1. The Bertz CT molecular complexity index is 1210. The number of hydrogen-bond donors (Lipinski definition) is 0. The number of anilines is 1. The maximum absolute atomic E-state index is 13.5. The second-order valence-electron chi connectivity index (χ2n) is 6.92. The standard InChI is InChI=1S/C21H17ClN4O2S/c22-14-4-6-17-19(11-14)29-21(25-17)26(12-15-2-1-9-28-15)20(27)13-3-5-16-18(10-13)24-8-7-23-16/h3-8,10-11,15H,1-2,9,12H2. The van der Waals surface area contributed by atoms with Crippen molar-refractivity contribution in [3.05, 3.63) is 59.4 Å². The first-order valence-electron chi connectivity index (χ1n) is 9.38. The van der Waals surface area contributed by atoms with Gasteiger partial charge in [-0.3, -0.25) is 19.7 Å². The fourth-order valence-corrected chi connectivity index (χ4v) is 4.74. The Morgan fingerprint density at radius 1 is 1.14 bits per heavy atom. The molecule has 1 aliphatic heterocycles. The molecule has 3 heterocycles. The summed E-state index contributed by atoms with van der Waals surface area (Å²) >= 11 is 7.58. The van der Waals surface area contributed by atoms with Gasteiger partial charge in [0, 0.05) is 29.6 Å². The van der Waals surface area contributed by atoms with Crippen molar-refractivity contribution < 1.29 is 9.53 Å². The van der Waals surface area contributed by atoms with Crippen LogP contribution in [0.3, 0.4) is 0 Å². The van der Waals surface area contributed by atoms with Crippen LogP contribution >= 0.6 is 22.9 Å². The van der Waals surface area contributed by atoms with Crippen molar-refractivity contribution in [1.29, 1.82) is 0 Å². The molecular formula is C21H17ClN4O2S. The van der Waals surface area contributed by atoms with Gasteiger partial charge in [0.25, 0.3) is 5.91 Å². The molecule has 1 fully saturated rings. The summed E-state index contributed by atoms with van der Waals surface area (Å²) < 4.78 is 6.74. The van der Waals surface area contributed by atoms with Gasteiger partial charge >= 0.3 is 0 Å². The number of carbonyl (C=O) groups excluding carboxylic acids is 1. The Hall–Kier alpha value is -2.61. The molecule has 8 heteroatoms. The van der Waals surface area contributed by atoms with Crippen LogP contribution in [0.5, 0.6) is 0 Å². The van der Waals surface area contributed by atoms with Crippen LogP contribution in [0.4, 0.5) is 5.13 Å². The molecule has 146 valence electrons. The van der Waals surface area contributed by atoms with Gasteiger partial charge in [-0.1, -0.05) is 22.9 Å². The van der Waals surface area contributed by atoms with Gasteiger partial charge in [0.15, 0.2) is 5.13 Å². The molecule has 0 N–H and O–H groups in total. The van der Waals surface area contributed by atoms with E-state index in [4.69, 9.17) is 16.3 Å². The van der Waals surface area contributed by atoms with Gasteiger partial charge in [-0.15, -0.1) is 0 Å². The predicted molar refractivity (Wildman–Crippen MR) is 115 cm³/mol. The quantitative estimate of drug-likeness (QED) is 0.474. The van der Waals surface area contributed by atoms with Crippen LogP contribution in [0.25, 0.3) is 21.3 Å². The van der Waals surface area contributed by atoms with Crippen LogP contribution in [-0.4, -0.2) is 40.1 Å². The van der Waals surface area contributed by atoms with E-state index >= 15 is 0 Å². The van der Waals surface area contributed by atoms with Crippen molar-refractivity contribution in [3.63, 3.8) is 0 Å². The van der Waals surface area contributed by atoms with Gasteiger partial charge in [-0.05, 0) is 49.2 Å². The summed E-state index contributed by atoms with van der Waals surface area (Å²) in [6, 6.07) is 10.9. The highest BCUT2D eigenvalue weighted by molar-refractivity contribution is 7.22. The van der Waals surface area contributed by atoms with Crippen molar-refractivity contribution in [1.82, 2.24) is 15.0 Å². The van der Waals surface area contributed by atoms with E-state index in [0.29, 0.717) is 27.8 Å². The first-order valence-corrected chi connectivity index (χ1v) is 10.6. The zero-order chi connectivity index (χ0) is 19.8. The summed E-state index contributed by atoms with van der Waals surface area (Å²) in [6.07, 6.45) is 5.21. The lowest BCUT2D eigenvalue weighted by Crippen LogP contribution is -2.37. The molecule has 1 atom stereocenters. The van der Waals surface area contributed by atoms with E-state index in [1.807, 2.05) is 24.3 Å². The lowest BCUT2D eigenvalue weighted by molar-refractivity contribution is 0.0917. The Morgan fingerprint density at radius 3 is 2.79 bits per heavy atom. The lowest BCUT2D eigenvalue weighted by atomic mass is 10.1. The number of nitrogens with zero attached hydrogens (tertiary/aromatic N) is 4. The molecule has 0 bridgehead atoms. The number of fused-ring (bicyclic) bond motifs is 2. The maximum atomic E-state index is 13.5. The summed E-state index contributed by atoms with van der Waals surface area (Å²) in [5.41, 5.74) is 2.81. The first kappa shape index (κ1) is 18.4. The van der Waals surface area contributed by atoms with Gasteiger partial charge in [0.1, 0.15) is 0 Å². The highest BCUT2D eigenvalue weighted by Crippen LogP contribution is 2.32. The molecule has 1 amide bonds. The molecule has 1 unspecified atom stereocenters. The number of halogens is 1. The number of hydrogen-bond acceptors (Lipinski definition) is 6. The van der Waals surface area contributed by atoms with Crippen molar-refractivity contribution in [3.8, 4) is 0 Å². The topological polar surface area (TPSA) is 68.2 Å². The van der Waals surface area contributed by atoms with E-state index in [1.54, 1.807) is 29.4 Å². The third-order valence-corrected chi connectivity index (χ3v) is 6.22. The van der Waals surface area contributed by atoms with Gasteiger partial charge < -0.3 is 4.74 Å². The Labute approximate surface area is 176 Å². The molecule has 1 aliphatic rings.